The van der Waals surface area contributed by atoms with E-state index >= 15 is 0 Å². The Hall–Kier alpha value is -1.67. The van der Waals surface area contributed by atoms with Crippen LogP contribution in [0.5, 0.6) is 0 Å². The highest BCUT2D eigenvalue weighted by Gasteiger charge is 2.31. The highest BCUT2D eigenvalue weighted by Crippen LogP contribution is 2.06. The first-order valence-electron chi connectivity index (χ1n) is 5.13. The van der Waals surface area contributed by atoms with Gasteiger partial charge in [-0.05, 0) is 6.42 Å². The van der Waals surface area contributed by atoms with Crippen molar-refractivity contribution in [1.29, 1.82) is 0 Å². The van der Waals surface area contributed by atoms with E-state index in [1.807, 2.05) is 0 Å². The molecule has 1 fully saturated rings. The minimum absolute atomic E-state index is 0.217. The molecule has 0 saturated carbocycles. The van der Waals surface area contributed by atoms with Gasteiger partial charge in [-0.25, -0.2) is 4.79 Å². The smallest absolute Gasteiger partial charge is 0.326 e. The van der Waals surface area contributed by atoms with Crippen LogP contribution in [0.4, 0.5) is 0 Å². The zero-order chi connectivity index (χ0) is 13.0. The van der Waals surface area contributed by atoms with Crippen molar-refractivity contribution in [2.75, 3.05) is 6.54 Å². The van der Waals surface area contributed by atoms with Crippen LogP contribution in [0.25, 0.3) is 0 Å². The maximum atomic E-state index is 11.6. The third-order valence-electron chi connectivity index (χ3n) is 2.44. The highest BCUT2D eigenvalue weighted by atomic mass is 16.4. The zero-order valence-corrected chi connectivity index (χ0v) is 9.05. The van der Waals surface area contributed by atoms with Crippen LogP contribution in [-0.2, 0) is 14.4 Å². The maximum absolute atomic E-state index is 11.6. The molecule has 96 valence electrons. The first-order valence-corrected chi connectivity index (χ1v) is 5.13. The van der Waals surface area contributed by atoms with Gasteiger partial charge in [-0.2, -0.15) is 0 Å². The minimum Gasteiger partial charge on any atom is -0.480 e. The molecular weight excluding hydrogens is 230 g/mol. The summed E-state index contributed by atoms with van der Waals surface area (Å²) in [5.41, 5.74) is 4.87. The number of carbonyl (C=O) groups is 3. The molecule has 0 bridgehead atoms. The summed E-state index contributed by atoms with van der Waals surface area (Å²) in [6.45, 7) is 0.283. The van der Waals surface area contributed by atoms with Crippen LogP contribution in [0, 0.1) is 0 Å². The molecule has 1 heterocycles. The molecule has 1 saturated heterocycles. The highest BCUT2D eigenvalue weighted by molar-refractivity contribution is 5.90. The fourth-order valence-corrected chi connectivity index (χ4v) is 1.59. The Morgan fingerprint density at radius 3 is 2.53 bits per heavy atom. The van der Waals surface area contributed by atoms with Crippen molar-refractivity contribution in [2.24, 2.45) is 5.73 Å². The van der Waals surface area contributed by atoms with E-state index in [1.165, 1.54) is 0 Å². The number of aliphatic hydroxyl groups excluding tert-OH is 1. The molecule has 0 aromatic carbocycles. The number of carboxylic acids is 1. The fraction of sp³-hybridized carbons (Fsp3) is 0.667. The number of hydrogen-bond acceptors (Lipinski definition) is 5. The number of amides is 2. The van der Waals surface area contributed by atoms with Gasteiger partial charge in [0.15, 0.2) is 0 Å². The van der Waals surface area contributed by atoms with Crippen molar-refractivity contribution in [3.05, 3.63) is 0 Å². The second-order valence-electron chi connectivity index (χ2n) is 3.92. The number of aliphatic hydroxyl groups is 1. The number of hydrogen-bond donors (Lipinski definition) is 5. The normalized spacial score (nSPS) is 25.2. The number of carboxylic acid groups (broad SMARTS) is 1. The van der Waals surface area contributed by atoms with Gasteiger partial charge >= 0.3 is 5.97 Å². The van der Waals surface area contributed by atoms with Crippen LogP contribution >= 0.6 is 0 Å². The van der Waals surface area contributed by atoms with Gasteiger partial charge in [-0.3, -0.25) is 9.59 Å². The molecule has 8 heteroatoms. The number of nitrogens with one attached hydrogen (secondary N) is 2. The Labute approximate surface area is 97.2 Å². The molecule has 0 radical (unpaired) electrons. The molecular formula is C9H15N3O5. The molecule has 0 aromatic rings. The molecule has 17 heavy (non-hydrogen) atoms. The summed E-state index contributed by atoms with van der Waals surface area (Å²) in [4.78, 5) is 33.0. The lowest BCUT2D eigenvalue weighted by molar-refractivity contribution is -0.143. The standard InChI is InChI=1S/C9H15N3O5/c10-7(14)2-6(9(16)17)12-8(15)5-1-4(13)3-11-5/h4-6,11,13H,1-3H2,(H2,10,14)(H,12,15)(H,16,17)/t4?,5?,6-/m1/s1. The van der Waals surface area contributed by atoms with E-state index in [0.717, 1.165) is 0 Å². The molecule has 1 rings (SSSR count). The lowest BCUT2D eigenvalue weighted by atomic mass is 10.1. The molecule has 0 aromatic heterocycles. The lowest BCUT2D eigenvalue weighted by Gasteiger charge is -2.16. The van der Waals surface area contributed by atoms with Gasteiger partial charge in [0.1, 0.15) is 6.04 Å². The predicted octanol–water partition coefficient (Wildman–Crippen LogP) is -2.85. The lowest BCUT2D eigenvalue weighted by Crippen LogP contribution is -2.49. The van der Waals surface area contributed by atoms with Gasteiger partial charge in [-0.15, -0.1) is 0 Å². The van der Waals surface area contributed by atoms with Crippen molar-refractivity contribution in [3.8, 4) is 0 Å². The Kier molecular flexibility index (Phi) is 4.41. The van der Waals surface area contributed by atoms with Gasteiger partial charge in [-0.1, -0.05) is 0 Å². The molecule has 2 amide bonds. The average Bonchev–Trinajstić information content (AvgIpc) is 2.63. The van der Waals surface area contributed by atoms with E-state index in [0.29, 0.717) is 0 Å². The number of primary amides is 1. The summed E-state index contributed by atoms with van der Waals surface area (Å²) < 4.78 is 0. The molecule has 1 aliphatic rings. The summed E-state index contributed by atoms with van der Waals surface area (Å²) in [7, 11) is 0. The molecule has 6 N–H and O–H groups in total. The third kappa shape index (κ3) is 4.00. The van der Waals surface area contributed by atoms with Crippen LogP contribution in [0.15, 0.2) is 0 Å². The fourth-order valence-electron chi connectivity index (χ4n) is 1.59. The zero-order valence-electron chi connectivity index (χ0n) is 9.05. The largest absolute Gasteiger partial charge is 0.480 e. The minimum atomic E-state index is -1.33. The van der Waals surface area contributed by atoms with Crippen LogP contribution in [0.3, 0.4) is 0 Å². The quantitative estimate of drug-likeness (QED) is 0.353. The molecule has 0 spiro atoms. The summed E-state index contributed by atoms with van der Waals surface area (Å²) in [6, 6.07) is -1.97. The Morgan fingerprint density at radius 1 is 1.47 bits per heavy atom. The van der Waals surface area contributed by atoms with E-state index in [-0.39, 0.29) is 13.0 Å². The number of β-amino-alcohol motifs (C(OH)–C–C–N with tert-alkyl or cyclic N) is 1. The Balaban J connectivity index is 2.52. The van der Waals surface area contributed by atoms with E-state index in [1.54, 1.807) is 0 Å². The number of aliphatic carboxylic acids is 1. The topological polar surface area (TPSA) is 142 Å². The molecule has 3 atom stereocenters. The van der Waals surface area contributed by atoms with E-state index in [9.17, 15) is 19.5 Å². The Morgan fingerprint density at radius 2 is 2.12 bits per heavy atom. The van der Waals surface area contributed by atoms with Gasteiger partial charge in [0, 0.05) is 6.54 Å². The summed E-state index contributed by atoms with van der Waals surface area (Å²) >= 11 is 0. The van der Waals surface area contributed by atoms with Gasteiger partial charge in [0.05, 0.1) is 18.6 Å². The SMILES string of the molecule is NC(=O)C[C@@H](NC(=O)C1CC(O)CN1)C(=O)O. The Bertz CT molecular complexity index is 333. The second kappa shape index (κ2) is 5.60. The first-order chi connectivity index (χ1) is 7.90. The van der Waals surface area contributed by atoms with Crippen molar-refractivity contribution in [1.82, 2.24) is 10.6 Å². The van der Waals surface area contributed by atoms with E-state index < -0.39 is 42.4 Å². The second-order valence-corrected chi connectivity index (χ2v) is 3.92. The van der Waals surface area contributed by atoms with E-state index in [4.69, 9.17) is 10.8 Å². The van der Waals surface area contributed by atoms with Crippen LogP contribution in [-0.4, -0.2) is 52.7 Å². The van der Waals surface area contributed by atoms with Crippen LogP contribution < -0.4 is 16.4 Å². The van der Waals surface area contributed by atoms with Crippen LogP contribution in [0.1, 0.15) is 12.8 Å². The first kappa shape index (κ1) is 13.4. The number of rotatable bonds is 5. The maximum Gasteiger partial charge on any atom is 0.326 e. The van der Waals surface area contributed by atoms with Crippen molar-refractivity contribution < 1.29 is 24.6 Å². The molecule has 0 aliphatic carbocycles. The van der Waals surface area contributed by atoms with Crippen LogP contribution in [0.2, 0.25) is 0 Å². The van der Waals surface area contributed by atoms with Gasteiger partial charge < -0.3 is 26.6 Å². The summed E-state index contributed by atoms with van der Waals surface area (Å²) in [5, 5.41) is 22.9. The van der Waals surface area contributed by atoms with Crippen molar-refractivity contribution in [2.45, 2.75) is 31.0 Å². The van der Waals surface area contributed by atoms with Gasteiger partial charge in [0.2, 0.25) is 11.8 Å². The number of carbonyl (C=O) groups excluding carboxylic acids is 2. The number of nitrogens with two attached hydrogens (primary N) is 1. The average molecular weight is 245 g/mol. The monoisotopic (exact) mass is 245 g/mol. The summed E-state index contributed by atoms with van der Waals surface area (Å²) in [6.07, 6.45) is -0.865. The summed E-state index contributed by atoms with van der Waals surface area (Å²) in [5.74, 6) is -2.69. The van der Waals surface area contributed by atoms with Crippen molar-refractivity contribution in [3.63, 3.8) is 0 Å². The predicted molar refractivity (Wildman–Crippen MR) is 55.8 cm³/mol. The third-order valence-corrected chi connectivity index (χ3v) is 2.44. The van der Waals surface area contributed by atoms with E-state index in [2.05, 4.69) is 10.6 Å². The van der Waals surface area contributed by atoms with Gasteiger partial charge in [0.25, 0.3) is 0 Å². The molecule has 2 unspecified atom stereocenters. The molecule has 8 nitrogen and oxygen atoms in total. The molecule has 1 aliphatic heterocycles. The van der Waals surface area contributed by atoms with Crippen molar-refractivity contribution >= 4 is 17.8 Å².